The third-order valence-electron chi connectivity index (χ3n) is 16.5. The lowest BCUT2D eigenvalue weighted by Gasteiger charge is -2.19. The maximum absolute atomic E-state index is 4.74. The third-order valence-corrected chi connectivity index (χ3v) is 17.0. The van der Waals surface area contributed by atoms with Crippen LogP contribution in [-0.4, -0.2) is 5.75 Å². The van der Waals surface area contributed by atoms with Crippen LogP contribution in [0, 0.1) is 59.2 Å². The van der Waals surface area contributed by atoms with E-state index < -0.39 is 0 Å². The van der Waals surface area contributed by atoms with Crippen molar-refractivity contribution in [3.05, 3.63) is 0 Å². The van der Waals surface area contributed by atoms with Gasteiger partial charge in [-0.25, -0.2) is 0 Å². The van der Waals surface area contributed by atoms with Crippen molar-refractivity contribution < 1.29 is 0 Å². The lowest BCUT2D eigenvalue weighted by molar-refractivity contribution is 0.346. The summed E-state index contributed by atoms with van der Waals surface area (Å²) in [5, 5.41) is 0. The smallest absolute Gasteiger partial charge is 0.00694 e. The molecule has 0 aromatic carbocycles. The van der Waals surface area contributed by atoms with Gasteiger partial charge in [-0.2, -0.15) is 12.6 Å². The topological polar surface area (TPSA) is 0 Å². The zero-order valence-electron chi connectivity index (χ0n) is 37.5. The van der Waals surface area contributed by atoms with Crippen molar-refractivity contribution in [2.45, 2.75) is 271 Å². The first-order valence-corrected chi connectivity index (χ1v) is 26.8. The number of thiol groups is 1. The van der Waals surface area contributed by atoms with Crippen molar-refractivity contribution in [2.75, 3.05) is 5.75 Å². The summed E-state index contributed by atoms with van der Waals surface area (Å²) in [7, 11) is 0. The molecule has 0 N–H and O–H groups in total. The summed E-state index contributed by atoms with van der Waals surface area (Å²) >= 11 is 4.74. The van der Waals surface area contributed by atoms with Crippen molar-refractivity contribution in [3.8, 4) is 0 Å². The van der Waals surface area contributed by atoms with Gasteiger partial charge in [-0.3, -0.25) is 0 Å². The van der Waals surface area contributed by atoms with Crippen LogP contribution < -0.4 is 0 Å². The normalized spacial score (nSPS) is 29.8. The van der Waals surface area contributed by atoms with Gasteiger partial charge in [-0.1, -0.05) is 226 Å². The molecule has 54 heavy (non-hydrogen) atoms. The molecule has 0 aromatic rings. The van der Waals surface area contributed by atoms with Gasteiger partial charge in [0.15, 0.2) is 0 Å². The molecular weight excluding hydrogens is 669 g/mol. The second kappa shape index (κ2) is 29.5. The molecule has 0 heterocycles. The summed E-state index contributed by atoms with van der Waals surface area (Å²) in [6.07, 6.45) is 59.1. The second-order valence-corrected chi connectivity index (χ2v) is 21.8. The quantitative estimate of drug-likeness (QED) is 0.0499. The summed E-state index contributed by atoms with van der Waals surface area (Å²) in [6, 6.07) is 0. The lowest BCUT2D eigenvalue weighted by atomic mass is 9.89. The van der Waals surface area contributed by atoms with Crippen LogP contribution in [0.4, 0.5) is 0 Å². The van der Waals surface area contributed by atoms with Gasteiger partial charge in [0.25, 0.3) is 0 Å². The maximum atomic E-state index is 4.74. The predicted octanol–water partition coefficient (Wildman–Crippen LogP) is 18.4. The molecular formula is C53H100S. The molecule has 10 atom stereocenters. The second-order valence-electron chi connectivity index (χ2n) is 21.4. The monoisotopic (exact) mass is 769 g/mol. The molecule has 0 saturated heterocycles. The highest BCUT2D eigenvalue weighted by Gasteiger charge is 2.31. The minimum Gasteiger partial charge on any atom is -0.179 e. The Bertz CT molecular complexity index is 865. The SMILES string of the molecule is CCCCCCCC[C@H](C)C[C@@H](CS)CCCCCCC[C@H]1CC[C@@H](CCCCC[C@@H]2CC[C@@H](CCC[C@@H]3CC[C@@H](C[C@@H]4CC[C@@H](CCCC)C4)C3)C2)C1. The number of unbranched alkanes of at least 4 members (excludes halogenated alkanes) is 12. The molecule has 0 unspecified atom stereocenters. The van der Waals surface area contributed by atoms with Crippen LogP contribution >= 0.6 is 12.6 Å². The van der Waals surface area contributed by atoms with E-state index in [2.05, 4.69) is 20.8 Å². The van der Waals surface area contributed by atoms with Crippen LogP contribution in [0.1, 0.15) is 271 Å². The Morgan fingerprint density at radius 1 is 0.389 bits per heavy atom. The van der Waals surface area contributed by atoms with Gasteiger partial charge in [-0.15, -0.1) is 0 Å². The Hall–Kier alpha value is 0.350. The van der Waals surface area contributed by atoms with E-state index in [0.29, 0.717) is 0 Å². The standard InChI is InChI=1S/C53H100S/c1-4-6-8-9-11-15-21-44(3)37-53(43-54)26-17-13-10-12-16-23-46-29-30-47(38-46)24-18-14-19-25-48-31-32-49(39-48)27-20-28-50-34-36-52(41-50)42-51-35-33-45(40-51)22-7-5-2/h44-54H,4-43H2,1-3H3/t44-,45+,46-,47+,48+,49+,50+,51+,52+,53-/m0/s1. The number of hydrogen-bond donors (Lipinski definition) is 1. The molecule has 4 fully saturated rings. The van der Waals surface area contributed by atoms with Gasteiger partial charge >= 0.3 is 0 Å². The Balaban J connectivity index is 0.894. The minimum atomic E-state index is 0.859. The van der Waals surface area contributed by atoms with Crippen LogP contribution in [0.15, 0.2) is 0 Å². The summed E-state index contributed by atoms with van der Waals surface area (Å²) in [4.78, 5) is 0. The van der Waals surface area contributed by atoms with Crippen molar-refractivity contribution in [3.63, 3.8) is 0 Å². The van der Waals surface area contributed by atoms with E-state index >= 15 is 0 Å². The highest BCUT2D eigenvalue weighted by molar-refractivity contribution is 7.80. The van der Waals surface area contributed by atoms with E-state index in [4.69, 9.17) is 12.6 Å². The van der Waals surface area contributed by atoms with Gasteiger partial charge in [0.2, 0.25) is 0 Å². The molecule has 0 bridgehead atoms. The fourth-order valence-corrected chi connectivity index (χ4v) is 13.4. The first-order chi connectivity index (χ1) is 26.5. The summed E-state index contributed by atoms with van der Waals surface area (Å²) in [6.45, 7) is 7.19. The highest BCUT2D eigenvalue weighted by Crippen LogP contribution is 2.44. The van der Waals surface area contributed by atoms with E-state index in [9.17, 15) is 0 Å². The predicted molar refractivity (Wildman–Crippen MR) is 246 cm³/mol. The van der Waals surface area contributed by atoms with Gasteiger partial charge < -0.3 is 0 Å². The minimum absolute atomic E-state index is 0.859. The average Bonchev–Trinajstić information content (AvgIpc) is 4.01. The van der Waals surface area contributed by atoms with E-state index in [1.165, 1.54) is 135 Å². The Morgan fingerprint density at radius 3 is 1.22 bits per heavy atom. The third kappa shape index (κ3) is 20.4. The maximum Gasteiger partial charge on any atom is -0.00694 e. The van der Waals surface area contributed by atoms with E-state index in [1.807, 2.05) is 0 Å². The summed E-state index contributed by atoms with van der Waals surface area (Å²) < 4.78 is 0. The Labute approximate surface area is 347 Å². The zero-order chi connectivity index (χ0) is 38.1. The number of rotatable bonds is 33. The first-order valence-electron chi connectivity index (χ1n) is 26.1. The molecule has 4 aliphatic rings. The fourth-order valence-electron chi connectivity index (χ4n) is 13.1. The average molecular weight is 769 g/mol. The van der Waals surface area contributed by atoms with Crippen LogP contribution in [0.5, 0.6) is 0 Å². The van der Waals surface area contributed by atoms with Crippen molar-refractivity contribution in [1.29, 1.82) is 0 Å². The van der Waals surface area contributed by atoms with E-state index in [1.54, 1.807) is 116 Å². The molecule has 0 radical (unpaired) electrons. The molecule has 4 saturated carbocycles. The van der Waals surface area contributed by atoms with E-state index in [-0.39, 0.29) is 0 Å². The molecule has 318 valence electrons. The van der Waals surface area contributed by atoms with Gasteiger partial charge in [0, 0.05) is 0 Å². The van der Waals surface area contributed by atoms with Gasteiger partial charge in [-0.05, 0) is 110 Å². The molecule has 0 nitrogen and oxygen atoms in total. The van der Waals surface area contributed by atoms with E-state index in [0.717, 1.165) is 64.9 Å². The molecule has 0 amide bonds. The Kier molecular flexibility index (Phi) is 25.7. The van der Waals surface area contributed by atoms with Gasteiger partial charge in [0.05, 0.1) is 0 Å². The molecule has 0 aliphatic heterocycles. The van der Waals surface area contributed by atoms with Crippen LogP contribution in [0.2, 0.25) is 0 Å². The molecule has 0 aromatic heterocycles. The van der Waals surface area contributed by atoms with Gasteiger partial charge in [0.1, 0.15) is 0 Å². The summed E-state index contributed by atoms with van der Waals surface area (Å²) in [5.74, 6) is 11.6. The zero-order valence-corrected chi connectivity index (χ0v) is 38.4. The van der Waals surface area contributed by atoms with Crippen molar-refractivity contribution >= 4 is 12.6 Å². The summed E-state index contributed by atoms with van der Waals surface area (Å²) in [5.41, 5.74) is 0. The molecule has 0 spiro atoms. The highest BCUT2D eigenvalue weighted by atomic mass is 32.1. The Morgan fingerprint density at radius 2 is 0.741 bits per heavy atom. The molecule has 4 aliphatic carbocycles. The van der Waals surface area contributed by atoms with Crippen LogP contribution in [0.25, 0.3) is 0 Å². The fraction of sp³-hybridized carbons (Fsp3) is 1.00. The lowest BCUT2D eigenvalue weighted by Crippen LogP contribution is -2.08. The van der Waals surface area contributed by atoms with Crippen molar-refractivity contribution in [2.24, 2.45) is 59.2 Å². The van der Waals surface area contributed by atoms with Crippen LogP contribution in [-0.2, 0) is 0 Å². The molecule has 1 heteroatoms. The molecule has 4 rings (SSSR count). The first kappa shape index (κ1) is 47.0. The van der Waals surface area contributed by atoms with Crippen molar-refractivity contribution in [1.82, 2.24) is 0 Å². The van der Waals surface area contributed by atoms with Crippen LogP contribution in [0.3, 0.4) is 0 Å². The number of hydrogen-bond acceptors (Lipinski definition) is 1. The largest absolute Gasteiger partial charge is 0.179 e.